The molecule has 0 radical (unpaired) electrons. The molecule has 2 aliphatic rings. The van der Waals surface area contributed by atoms with Crippen LogP contribution >= 0.6 is 0 Å². The molecule has 4 heteroatoms. The van der Waals surface area contributed by atoms with Gasteiger partial charge in [0.05, 0.1) is 25.4 Å². The Morgan fingerprint density at radius 2 is 2.00 bits per heavy atom. The van der Waals surface area contributed by atoms with Crippen LogP contribution in [0.5, 0.6) is 0 Å². The molecule has 2 fully saturated rings. The summed E-state index contributed by atoms with van der Waals surface area (Å²) in [6.45, 7) is 9.53. The van der Waals surface area contributed by atoms with Gasteiger partial charge in [0.25, 0.3) is 0 Å². The minimum Gasteiger partial charge on any atom is -0.377 e. The zero-order chi connectivity index (χ0) is 13.3. The Morgan fingerprint density at radius 1 is 1.21 bits per heavy atom. The maximum Gasteiger partial charge on any atom is 0.0813 e. The zero-order valence-electron chi connectivity index (χ0n) is 12.4. The lowest BCUT2D eigenvalue weighted by molar-refractivity contribution is -0.0172. The average molecular weight is 270 g/mol. The lowest BCUT2D eigenvalue weighted by Gasteiger charge is -2.17. The van der Waals surface area contributed by atoms with Gasteiger partial charge in [-0.1, -0.05) is 6.92 Å². The normalized spacial score (nSPS) is 28.3. The predicted molar refractivity (Wildman–Crippen MR) is 77.5 cm³/mol. The van der Waals surface area contributed by atoms with E-state index < -0.39 is 0 Å². The fourth-order valence-electron chi connectivity index (χ4n) is 2.91. The Morgan fingerprint density at radius 3 is 2.79 bits per heavy atom. The first-order valence-electron chi connectivity index (χ1n) is 8.04. The first-order chi connectivity index (χ1) is 9.38. The predicted octanol–water partition coefficient (Wildman–Crippen LogP) is 1.65. The summed E-state index contributed by atoms with van der Waals surface area (Å²) in [5, 5.41) is 3.43. The van der Waals surface area contributed by atoms with E-state index >= 15 is 0 Å². The van der Waals surface area contributed by atoms with E-state index in [1.54, 1.807) is 0 Å². The van der Waals surface area contributed by atoms with E-state index in [4.69, 9.17) is 9.47 Å². The second kappa shape index (κ2) is 8.90. The molecule has 1 N–H and O–H groups in total. The molecule has 4 nitrogen and oxygen atoms in total. The summed E-state index contributed by atoms with van der Waals surface area (Å²) in [5.74, 6) is 0. The topological polar surface area (TPSA) is 33.7 Å². The van der Waals surface area contributed by atoms with Gasteiger partial charge in [-0.2, -0.15) is 0 Å². The molecule has 2 saturated heterocycles. The van der Waals surface area contributed by atoms with E-state index in [2.05, 4.69) is 17.1 Å². The molecule has 0 aromatic rings. The van der Waals surface area contributed by atoms with E-state index in [1.165, 1.54) is 38.8 Å². The van der Waals surface area contributed by atoms with Crippen LogP contribution in [0.25, 0.3) is 0 Å². The van der Waals surface area contributed by atoms with E-state index in [1.807, 2.05) is 0 Å². The highest BCUT2D eigenvalue weighted by atomic mass is 16.5. The van der Waals surface area contributed by atoms with Gasteiger partial charge in [0.2, 0.25) is 0 Å². The van der Waals surface area contributed by atoms with Crippen LogP contribution < -0.4 is 5.32 Å². The average Bonchev–Trinajstić information content (AvgIpc) is 3.06. The van der Waals surface area contributed by atoms with Crippen LogP contribution in [0.3, 0.4) is 0 Å². The lowest BCUT2D eigenvalue weighted by Crippen LogP contribution is -2.29. The molecule has 0 amide bonds. The summed E-state index contributed by atoms with van der Waals surface area (Å²) in [6.07, 6.45) is 6.97. The number of rotatable bonds is 9. The first-order valence-corrected chi connectivity index (χ1v) is 8.04. The van der Waals surface area contributed by atoms with Gasteiger partial charge in [-0.3, -0.25) is 0 Å². The van der Waals surface area contributed by atoms with Crippen LogP contribution in [0.4, 0.5) is 0 Å². The fourth-order valence-corrected chi connectivity index (χ4v) is 2.91. The van der Waals surface area contributed by atoms with Crippen LogP contribution in [-0.2, 0) is 9.47 Å². The number of hydrogen-bond acceptors (Lipinski definition) is 4. The summed E-state index contributed by atoms with van der Waals surface area (Å²) in [7, 11) is 0. The Hall–Kier alpha value is -0.160. The third-order valence-electron chi connectivity index (χ3n) is 4.05. The molecular weight excluding hydrogens is 240 g/mol. The largest absolute Gasteiger partial charge is 0.377 e. The summed E-state index contributed by atoms with van der Waals surface area (Å²) >= 11 is 0. The maximum absolute atomic E-state index is 5.98. The quantitative estimate of drug-likeness (QED) is 0.646. The van der Waals surface area contributed by atoms with Crippen LogP contribution in [0.2, 0.25) is 0 Å². The van der Waals surface area contributed by atoms with Crippen molar-refractivity contribution < 1.29 is 9.47 Å². The standard InChI is InChI=1S/C15H30N2O2/c1-2-7-16-12-14-5-6-15(19-14)13-18-11-10-17-8-3-4-9-17/h14-16H,2-13H2,1H3. The van der Waals surface area contributed by atoms with Crippen molar-refractivity contribution in [2.24, 2.45) is 0 Å². The molecule has 2 heterocycles. The zero-order valence-corrected chi connectivity index (χ0v) is 12.4. The molecule has 112 valence electrons. The first kappa shape index (κ1) is 15.2. The summed E-state index contributed by atoms with van der Waals surface area (Å²) in [4.78, 5) is 2.49. The van der Waals surface area contributed by atoms with Gasteiger partial charge in [-0.15, -0.1) is 0 Å². The molecule has 0 aromatic heterocycles. The van der Waals surface area contributed by atoms with Gasteiger partial charge in [-0.25, -0.2) is 0 Å². The van der Waals surface area contributed by atoms with Crippen molar-refractivity contribution in [3.63, 3.8) is 0 Å². The summed E-state index contributed by atoms with van der Waals surface area (Å²) in [5.41, 5.74) is 0. The summed E-state index contributed by atoms with van der Waals surface area (Å²) < 4.78 is 11.7. The van der Waals surface area contributed by atoms with Gasteiger partial charge < -0.3 is 19.7 Å². The Kier molecular flexibility index (Phi) is 7.14. The molecule has 0 aromatic carbocycles. The number of nitrogens with one attached hydrogen (secondary N) is 1. The maximum atomic E-state index is 5.98. The smallest absolute Gasteiger partial charge is 0.0813 e. The highest BCUT2D eigenvalue weighted by Gasteiger charge is 2.24. The minimum absolute atomic E-state index is 0.326. The number of likely N-dealkylation sites (tertiary alicyclic amines) is 1. The number of ether oxygens (including phenoxy) is 2. The Bertz CT molecular complexity index is 232. The second-order valence-corrected chi connectivity index (χ2v) is 5.79. The molecule has 0 aliphatic carbocycles. The molecule has 0 bridgehead atoms. The molecule has 2 atom stereocenters. The van der Waals surface area contributed by atoms with E-state index in [9.17, 15) is 0 Å². The molecule has 19 heavy (non-hydrogen) atoms. The number of nitrogens with zero attached hydrogens (tertiary/aromatic N) is 1. The highest BCUT2D eigenvalue weighted by molar-refractivity contribution is 4.75. The Balaban J connectivity index is 1.45. The fraction of sp³-hybridized carbons (Fsp3) is 1.00. The monoisotopic (exact) mass is 270 g/mol. The van der Waals surface area contributed by atoms with Crippen LogP contribution in [0.15, 0.2) is 0 Å². The van der Waals surface area contributed by atoms with Gasteiger partial charge >= 0.3 is 0 Å². The van der Waals surface area contributed by atoms with Crippen molar-refractivity contribution in [1.82, 2.24) is 10.2 Å². The van der Waals surface area contributed by atoms with E-state index in [0.29, 0.717) is 12.2 Å². The van der Waals surface area contributed by atoms with Crippen molar-refractivity contribution in [2.45, 2.75) is 51.2 Å². The lowest BCUT2D eigenvalue weighted by atomic mass is 10.2. The van der Waals surface area contributed by atoms with Crippen LogP contribution in [0, 0.1) is 0 Å². The third-order valence-corrected chi connectivity index (χ3v) is 4.05. The Labute approximate surface area is 117 Å². The van der Waals surface area contributed by atoms with Gasteiger partial charge in [-0.05, 0) is 51.7 Å². The number of hydrogen-bond donors (Lipinski definition) is 1. The summed E-state index contributed by atoms with van der Waals surface area (Å²) in [6, 6.07) is 0. The van der Waals surface area contributed by atoms with Gasteiger partial charge in [0.15, 0.2) is 0 Å². The highest BCUT2D eigenvalue weighted by Crippen LogP contribution is 2.19. The van der Waals surface area contributed by atoms with Gasteiger partial charge in [0, 0.05) is 13.1 Å². The SMILES string of the molecule is CCCNCC1CCC(COCCN2CCCC2)O1. The van der Waals surface area contributed by atoms with Crippen molar-refractivity contribution in [2.75, 3.05) is 45.9 Å². The van der Waals surface area contributed by atoms with Gasteiger partial charge in [0.1, 0.15) is 0 Å². The third kappa shape index (κ3) is 5.78. The van der Waals surface area contributed by atoms with E-state index in [-0.39, 0.29) is 0 Å². The minimum atomic E-state index is 0.326. The van der Waals surface area contributed by atoms with Crippen molar-refractivity contribution in [3.8, 4) is 0 Å². The molecular formula is C15H30N2O2. The van der Waals surface area contributed by atoms with Crippen molar-refractivity contribution in [3.05, 3.63) is 0 Å². The van der Waals surface area contributed by atoms with Crippen LogP contribution in [-0.4, -0.2) is 63.0 Å². The second-order valence-electron chi connectivity index (χ2n) is 5.79. The molecule has 2 unspecified atom stereocenters. The molecule has 2 rings (SSSR count). The molecule has 0 spiro atoms. The van der Waals surface area contributed by atoms with Crippen LogP contribution in [0.1, 0.15) is 39.0 Å². The van der Waals surface area contributed by atoms with Crippen molar-refractivity contribution in [1.29, 1.82) is 0 Å². The molecule has 2 aliphatic heterocycles. The van der Waals surface area contributed by atoms with Crippen molar-refractivity contribution >= 4 is 0 Å². The van der Waals surface area contributed by atoms with E-state index in [0.717, 1.165) is 39.3 Å². The molecule has 0 saturated carbocycles.